The fraction of sp³-hybridized carbons (Fsp3) is 0.643. The van der Waals surface area contributed by atoms with E-state index in [0.29, 0.717) is 6.42 Å². The van der Waals surface area contributed by atoms with Gasteiger partial charge in [0.2, 0.25) is 0 Å². The molecule has 2 atom stereocenters. The van der Waals surface area contributed by atoms with E-state index in [4.69, 9.17) is 14.2 Å². The van der Waals surface area contributed by atoms with E-state index in [-0.39, 0.29) is 31.6 Å². The van der Waals surface area contributed by atoms with Crippen molar-refractivity contribution in [3.63, 3.8) is 0 Å². The van der Waals surface area contributed by atoms with Crippen molar-refractivity contribution >= 4 is 17.9 Å². The second kappa shape index (κ2) is 7.21. The normalized spacial score (nSPS) is 25.6. The Morgan fingerprint density at radius 1 is 1.52 bits per heavy atom. The number of rotatable bonds is 6. The van der Waals surface area contributed by atoms with E-state index in [1.807, 2.05) is 0 Å². The number of hydrogen-bond acceptors (Lipinski definition) is 6. The van der Waals surface area contributed by atoms with Crippen LogP contribution in [0.15, 0.2) is 12.2 Å². The third kappa shape index (κ3) is 3.81. The molecule has 118 valence electrons. The quantitative estimate of drug-likeness (QED) is 0.575. The highest BCUT2D eigenvalue weighted by Crippen LogP contribution is 2.33. The summed E-state index contributed by atoms with van der Waals surface area (Å²) in [4.78, 5) is 34.9. The molecule has 1 fully saturated rings. The van der Waals surface area contributed by atoms with Gasteiger partial charge in [0.05, 0.1) is 19.1 Å². The Hall–Kier alpha value is -1.89. The molecule has 0 aromatic rings. The minimum absolute atomic E-state index is 0.0850. The maximum absolute atomic E-state index is 12.1. The van der Waals surface area contributed by atoms with Gasteiger partial charge in [-0.15, -0.1) is 0 Å². The Balaban J connectivity index is 2.89. The molecule has 7 nitrogen and oxygen atoms in total. The van der Waals surface area contributed by atoms with Crippen LogP contribution in [0.25, 0.3) is 0 Å². The molecule has 1 saturated heterocycles. The van der Waals surface area contributed by atoms with Crippen molar-refractivity contribution in [3.8, 4) is 0 Å². The zero-order valence-electron chi connectivity index (χ0n) is 12.2. The fourth-order valence-electron chi connectivity index (χ4n) is 2.30. The number of carboxylic acids is 1. The Labute approximate surface area is 122 Å². The highest BCUT2D eigenvalue weighted by molar-refractivity contribution is 5.88. The Kier molecular flexibility index (Phi) is 5.90. The second-order valence-electron chi connectivity index (χ2n) is 4.93. The van der Waals surface area contributed by atoms with Crippen LogP contribution >= 0.6 is 0 Å². The van der Waals surface area contributed by atoms with Gasteiger partial charge in [-0.2, -0.15) is 0 Å². The molecule has 0 aromatic heterocycles. The molecule has 0 spiro atoms. The Bertz CT molecular complexity index is 443. The summed E-state index contributed by atoms with van der Waals surface area (Å²) in [5.74, 6) is -3.51. The summed E-state index contributed by atoms with van der Waals surface area (Å²) in [6, 6.07) is 0. The van der Waals surface area contributed by atoms with E-state index < -0.39 is 29.4 Å². The SMILES string of the molecule is C=C(C)C(=O)OCCC1(OC)C(=O)OCCCC1C(=O)O. The second-order valence-corrected chi connectivity index (χ2v) is 4.93. The lowest BCUT2D eigenvalue weighted by atomic mass is 9.82. The van der Waals surface area contributed by atoms with Crippen LogP contribution in [-0.4, -0.2) is 48.9 Å². The molecule has 7 heteroatoms. The molecule has 1 aliphatic heterocycles. The molecule has 2 unspecified atom stereocenters. The first-order valence-corrected chi connectivity index (χ1v) is 6.63. The molecule has 0 aromatic carbocycles. The van der Waals surface area contributed by atoms with Gasteiger partial charge in [-0.05, 0) is 19.8 Å². The van der Waals surface area contributed by atoms with E-state index >= 15 is 0 Å². The topological polar surface area (TPSA) is 99.1 Å². The summed E-state index contributed by atoms with van der Waals surface area (Å²) in [6.07, 6.45) is 0.612. The minimum Gasteiger partial charge on any atom is -0.481 e. The fourth-order valence-corrected chi connectivity index (χ4v) is 2.30. The lowest BCUT2D eigenvalue weighted by molar-refractivity contribution is -0.184. The van der Waals surface area contributed by atoms with E-state index in [1.165, 1.54) is 14.0 Å². The number of aliphatic carboxylic acids is 1. The van der Waals surface area contributed by atoms with Crippen molar-refractivity contribution in [2.75, 3.05) is 20.3 Å². The van der Waals surface area contributed by atoms with Crippen LogP contribution in [0.3, 0.4) is 0 Å². The average molecular weight is 300 g/mol. The number of carbonyl (C=O) groups is 3. The molecule has 1 N–H and O–H groups in total. The largest absolute Gasteiger partial charge is 0.481 e. The summed E-state index contributed by atoms with van der Waals surface area (Å²) in [5.41, 5.74) is -1.42. The summed E-state index contributed by atoms with van der Waals surface area (Å²) in [6.45, 7) is 4.93. The van der Waals surface area contributed by atoms with E-state index in [9.17, 15) is 19.5 Å². The van der Waals surface area contributed by atoms with Gasteiger partial charge in [0.1, 0.15) is 0 Å². The van der Waals surface area contributed by atoms with Crippen molar-refractivity contribution < 1.29 is 33.7 Å². The number of esters is 2. The molecule has 1 heterocycles. The molecule has 21 heavy (non-hydrogen) atoms. The monoisotopic (exact) mass is 300 g/mol. The van der Waals surface area contributed by atoms with Gasteiger partial charge in [-0.3, -0.25) is 4.79 Å². The predicted octanol–water partition coefficient (Wildman–Crippen LogP) is 0.919. The van der Waals surface area contributed by atoms with Gasteiger partial charge in [-0.1, -0.05) is 6.58 Å². The first-order valence-electron chi connectivity index (χ1n) is 6.63. The van der Waals surface area contributed by atoms with Crippen molar-refractivity contribution in [1.82, 2.24) is 0 Å². The summed E-state index contributed by atoms with van der Waals surface area (Å²) >= 11 is 0. The maximum atomic E-state index is 12.1. The van der Waals surface area contributed by atoms with Gasteiger partial charge in [-0.25, -0.2) is 9.59 Å². The van der Waals surface area contributed by atoms with Crippen molar-refractivity contribution in [1.29, 1.82) is 0 Å². The highest BCUT2D eigenvalue weighted by Gasteiger charge is 2.52. The van der Waals surface area contributed by atoms with Crippen molar-refractivity contribution in [2.45, 2.75) is 31.8 Å². The zero-order valence-corrected chi connectivity index (χ0v) is 12.2. The van der Waals surface area contributed by atoms with Gasteiger partial charge in [0, 0.05) is 19.1 Å². The first-order chi connectivity index (χ1) is 9.85. The number of cyclic esters (lactones) is 1. The van der Waals surface area contributed by atoms with Gasteiger partial charge >= 0.3 is 17.9 Å². The predicted molar refractivity (Wildman–Crippen MR) is 71.4 cm³/mol. The lowest BCUT2D eigenvalue weighted by Gasteiger charge is -2.32. The van der Waals surface area contributed by atoms with Crippen LogP contribution in [0.4, 0.5) is 0 Å². The molecule has 0 saturated carbocycles. The first kappa shape index (κ1) is 17.2. The molecule has 1 aliphatic rings. The Morgan fingerprint density at radius 2 is 2.19 bits per heavy atom. The lowest BCUT2D eigenvalue weighted by Crippen LogP contribution is -2.51. The molecular formula is C14H20O7. The smallest absolute Gasteiger partial charge is 0.339 e. The highest BCUT2D eigenvalue weighted by atomic mass is 16.6. The molecule has 0 aliphatic carbocycles. The van der Waals surface area contributed by atoms with E-state index in [1.54, 1.807) is 0 Å². The van der Waals surface area contributed by atoms with E-state index in [0.717, 1.165) is 0 Å². The van der Waals surface area contributed by atoms with Gasteiger partial charge in [0.15, 0.2) is 5.60 Å². The van der Waals surface area contributed by atoms with Gasteiger partial charge < -0.3 is 19.3 Å². The zero-order chi connectivity index (χ0) is 16.0. The molecular weight excluding hydrogens is 280 g/mol. The number of hydrogen-bond donors (Lipinski definition) is 1. The summed E-state index contributed by atoms with van der Waals surface area (Å²) in [5, 5.41) is 9.33. The van der Waals surface area contributed by atoms with Crippen LogP contribution in [-0.2, 0) is 28.6 Å². The summed E-state index contributed by atoms with van der Waals surface area (Å²) < 4.78 is 15.2. The molecule has 0 radical (unpaired) electrons. The minimum atomic E-state index is -1.64. The van der Waals surface area contributed by atoms with Crippen LogP contribution in [0.2, 0.25) is 0 Å². The van der Waals surface area contributed by atoms with Crippen molar-refractivity contribution in [3.05, 3.63) is 12.2 Å². The third-order valence-electron chi connectivity index (χ3n) is 3.50. The summed E-state index contributed by atoms with van der Waals surface area (Å²) in [7, 11) is 1.25. The third-order valence-corrected chi connectivity index (χ3v) is 3.50. The number of carboxylic acid groups (broad SMARTS) is 1. The average Bonchev–Trinajstić information content (AvgIpc) is 2.59. The molecule has 0 amide bonds. The molecule has 0 bridgehead atoms. The van der Waals surface area contributed by atoms with Crippen LogP contribution in [0, 0.1) is 5.92 Å². The Morgan fingerprint density at radius 3 is 2.71 bits per heavy atom. The van der Waals surface area contributed by atoms with E-state index in [2.05, 4.69) is 6.58 Å². The van der Waals surface area contributed by atoms with Crippen LogP contribution in [0.5, 0.6) is 0 Å². The maximum Gasteiger partial charge on any atom is 0.339 e. The standard InChI is InChI=1S/C14H20O7/c1-9(2)12(17)20-8-6-14(19-3)10(11(15)16)5-4-7-21-13(14)18/h10H,1,4-8H2,2-3H3,(H,15,16). The van der Waals surface area contributed by atoms with Crippen molar-refractivity contribution in [2.24, 2.45) is 5.92 Å². The number of carbonyl (C=O) groups excluding carboxylic acids is 2. The number of ether oxygens (including phenoxy) is 3. The van der Waals surface area contributed by atoms with Crippen LogP contribution in [0.1, 0.15) is 26.2 Å². The van der Waals surface area contributed by atoms with Gasteiger partial charge in [0.25, 0.3) is 0 Å². The van der Waals surface area contributed by atoms with Crippen LogP contribution < -0.4 is 0 Å². The number of methoxy groups -OCH3 is 1. The molecule has 1 rings (SSSR count).